The van der Waals surface area contributed by atoms with Crippen molar-refractivity contribution in [3.8, 4) is 28.5 Å². The number of fused-ring (bicyclic) bond motifs is 1. The molecule has 2 aromatic rings. The number of carbonyl (C=O) groups excluding carboxylic acids is 1. The van der Waals surface area contributed by atoms with Gasteiger partial charge in [0.05, 0.1) is 25.2 Å². The van der Waals surface area contributed by atoms with Crippen molar-refractivity contribution in [2.24, 2.45) is 0 Å². The van der Waals surface area contributed by atoms with E-state index < -0.39 is 0 Å². The van der Waals surface area contributed by atoms with Gasteiger partial charge in [-0.3, -0.25) is 9.78 Å². The summed E-state index contributed by atoms with van der Waals surface area (Å²) in [5, 5.41) is 0. The van der Waals surface area contributed by atoms with E-state index in [1.54, 1.807) is 39.5 Å². The van der Waals surface area contributed by atoms with Crippen LogP contribution < -0.4 is 14.2 Å². The number of rotatable bonds is 3. The number of hydrogen-bond donors (Lipinski definition) is 0. The molecular formula is C15H15N3O4. The van der Waals surface area contributed by atoms with E-state index in [9.17, 15) is 4.79 Å². The molecule has 0 bridgehead atoms. The molecule has 0 unspecified atom stereocenters. The Bertz CT molecular complexity index is 731. The lowest BCUT2D eigenvalue weighted by molar-refractivity contribution is 0.0821. The van der Waals surface area contributed by atoms with E-state index in [1.807, 2.05) is 0 Å². The average Bonchev–Trinajstić information content (AvgIpc) is 3.00. The van der Waals surface area contributed by atoms with Crippen molar-refractivity contribution in [2.45, 2.75) is 0 Å². The summed E-state index contributed by atoms with van der Waals surface area (Å²) in [5.74, 6) is 1.60. The fourth-order valence-electron chi connectivity index (χ4n) is 2.12. The van der Waals surface area contributed by atoms with E-state index in [4.69, 9.17) is 14.2 Å². The van der Waals surface area contributed by atoms with Gasteiger partial charge in [-0.15, -0.1) is 0 Å². The zero-order valence-corrected chi connectivity index (χ0v) is 12.5. The highest BCUT2D eigenvalue weighted by atomic mass is 16.7. The third-order valence-electron chi connectivity index (χ3n) is 3.23. The molecule has 7 nitrogen and oxygen atoms in total. The molecule has 0 atom stereocenters. The summed E-state index contributed by atoms with van der Waals surface area (Å²) in [6.07, 6.45) is 3.01. The quantitative estimate of drug-likeness (QED) is 0.857. The second-order valence-electron chi connectivity index (χ2n) is 4.89. The smallest absolute Gasteiger partial charge is 0.273 e. The van der Waals surface area contributed by atoms with E-state index in [1.165, 1.54) is 11.1 Å². The number of nitrogens with zero attached hydrogens (tertiary/aromatic N) is 3. The molecule has 1 aromatic heterocycles. The van der Waals surface area contributed by atoms with Crippen LogP contribution in [0.25, 0.3) is 11.3 Å². The highest BCUT2D eigenvalue weighted by Gasteiger charge is 2.20. The summed E-state index contributed by atoms with van der Waals surface area (Å²) in [4.78, 5) is 21.9. The van der Waals surface area contributed by atoms with Crippen LogP contribution in [0.4, 0.5) is 0 Å². The minimum atomic E-state index is -0.214. The Morgan fingerprint density at radius 2 is 1.95 bits per heavy atom. The van der Waals surface area contributed by atoms with E-state index in [2.05, 4.69) is 9.97 Å². The third-order valence-corrected chi connectivity index (χ3v) is 3.23. The van der Waals surface area contributed by atoms with Gasteiger partial charge in [0.15, 0.2) is 11.5 Å². The first-order valence-electron chi connectivity index (χ1n) is 6.62. The second kappa shape index (κ2) is 5.51. The number of methoxy groups -OCH3 is 1. The summed E-state index contributed by atoms with van der Waals surface area (Å²) in [5.41, 5.74) is 1.48. The third kappa shape index (κ3) is 2.41. The molecule has 1 aromatic carbocycles. The van der Waals surface area contributed by atoms with Gasteiger partial charge in [0.2, 0.25) is 6.79 Å². The van der Waals surface area contributed by atoms with Gasteiger partial charge in [-0.05, 0) is 6.07 Å². The predicted octanol–water partition coefficient (Wildman–Crippen LogP) is 1.58. The van der Waals surface area contributed by atoms with Crippen molar-refractivity contribution in [3.63, 3.8) is 0 Å². The number of ether oxygens (including phenoxy) is 3. The Balaban J connectivity index is 2.08. The molecule has 3 rings (SSSR count). The lowest BCUT2D eigenvalue weighted by Crippen LogP contribution is -2.23. The standard InChI is InChI=1S/C15H15N3O4/c1-18(2)15(19)11-7-16-6-10(17-11)9-4-13-14(22-8-21-13)5-12(9)20-3/h4-7H,8H2,1-3H3. The molecule has 2 heterocycles. The molecule has 0 aliphatic carbocycles. The van der Waals surface area contributed by atoms with E-state index in [0.29, 0.717) is 28.5 Å². The maximum absolute atomic E-state index is 12.0. The van der Waals surface area contributed by atoms with Crippen LogP contribution in [-0.2, 0) is 0 Å². The normalized spacial score (nSPS) is 12.1. The maximum Gasteiger partial charge on any atom is 0.273 e. The van der Waals surface area contributed by atoms with Gasteiger partial charge in [0.1, 0.15) is 11.4 Å². The predicted molar refractivity (Wildman–Crippen MR) is 78.2 cm³/mol. The Labute approximate surface area is 127 Å². The average molecular weight is 301 g/mol. The Morgan fingerprint density at radius 1 is 1.23 bits per heavy atom. The summed E-state index contributed by atoms with van der Waals surface area (Å²) in [6.45, 7) is 0.173. The minimum absolute atomic E-state index is 0.173. The van der Waals surface area contributed by atoms with Crippen molar-refractivity contribution >= 4 is 5.91 Å². The van der Waals surface area contributed by atoms with Crippen LogP contribution in [0.15, 0.2) is 24.5 Å². The molecule has 0 radical (unpaired) electrons. The summed E-state index contributed by atoms with van der Waals surface area (Å²) in [6, 6.07) is 3.51. The molecule has 0 saturated carbocycles. The molecule has 7 heteroatoms. The van der Waals surface area contributed by atoms with Crippen molar-refractivity contribution < 1.29 is 19.0 Å². The number of hydrogen-bond acceptors (Lipinski definition) is 6. The van der Waals surface area contributed by atoms with Crippen molar-refractivity contribution in [2.75, 3.05) is 28.0 Å². The lowest BCUT2D eigenvalue weighted by atomic mass is 10.1. The van der Waals surface area contributed by atoms with E-state index in [0.717, 1.165) is 0 Å². The number of amides is 1. The van der Waals surface area contributed by atoms with E-state index >= 15 is 0 Å². The Kier molecular flexibility index (Phi) is 3.54. The van der Waals surface area contributed by atoms with Crippen LogP contribution in [-0.4, -0.2) is 48.8 Å². The Hall–Kier alpha value is -2.83. The summed E-state index contributed by atoms with van der Waals surface area (Å²) in [7, 11) is 4.89. The van der Waals surface area contributed by atoms with Gasteiger partial charge in [-0.25, -0.2) is 4.98 Å². The monoisotopic (exact) mass is 301 g/mol. The first-order valence-corrected chi connectivity index (χ1v) is 6.62. The van der Waals surface area contributed by atoms with Gasteiger partial charge < -0.3 is 19.1 Å². The zero-order valence-electron chi connectivity index (χ0n) is 12.5. The molecule has 0 spiro atoms. The molecule has 114 valence electrons. The summed E-state index contributed by atoms with van der Waals surface area (Å²) >= 11 is 0. The topological polar surface area (TPSA) is 73.8 Å². The molecule has 0 N–H and O–H groups in total. The fourth-order valence-corrected chi connectivity index (χ4v) is 2.12. The van der Waals surface area contributed by atoms with Crippen molar-refractivity contribution in [1.82, 2.24) is 14.9 Å². The van der Waals surface area contributed by atoms with Crippen LogP contribution in [0.3, 0.4) is 0 Å². The highest BCUT2D eigenvalue weighted by Crippen LogP contribution is 2.41. The molecule has 1 aliphatic rings. The first kappa shape index (κ1) is 14.1. The first-order chi connectivity index (χ1) is 10.6. The Morgan fingerprint density at radius 3 is 2.64 bits per heavy atom. The van der Waals surface area contributed by atoms with Crippen molar-refractivity contribution in [3.05, 3.63) is 30.2 Å². The largest absolute Gasteiger partial charge is 0.496 e. The number of aromatic nitrogens is 2. The van der Waals surface area contributed by atoms with Gasteiger partial charge in [0, 0.05) is 25.7 Å². The molecule has 0 saturated heterocycles. The SMILES string of the molecule is COc1cc2c(cc1-c1cncc(C(=O)N(C)C)n1)OCO2. The second-order valence-corrected chi connectivity index (χ2v) is 4.89. The van der Waals surface area contributed by atoms with Crippen LogP contribution >= 0.6 is 0 Å². The van der Waals surface area contributed by atoms with Crippen LogP contribution in [0.1, 0.15) is 10.5 Å². The van der Waals surface area contributed by atoms with Gasteiger partial charge in [-0.1, -0.05) is 0 Å². The summed E-state index contributed by atoms with van der Waals surface area (Å²) < 4.78 is 16.1. The van der Waals surface area contributed by atoms with Crippen LogP contribution in [0, 0.1) is 0 Å². The van der Waals surface area contributed by atoms with Crippen LogP contribution in [0.2, 0.25) is 0 Å². The molecule has 1 aliphatic heterocycles. The molecule has 0 fully saturated rings. The lowest BCUT2D eigenvalue weighted by Gasteiger charge is -2.12. The van der Waals surface area contributed by atoms with E-state index in [-0.39, 0.29) is 18.4 Å². The minimum Gasteiger partial charge on any atom is -0.496 e. The van der Waals surface area contributed by atoms with Gasteiger partial charge >= 0.3 is 0 Å². The maximum atomic E-state index is 12.0. The van der Waals surface area contributed by atoms with Gasteiger partial charge in [0.25, 0.3) is 5.91 Å². The number of benzene rings is 1. The van der Waals surface area contributed by atoms with Crippen LogP contribution in [0.5, 0.6) is 17.2 Å². The molecular weight excluding hydrogens is 286 g/mol. The molecule has 1 amide bonds. The fraction of sp³-hybridized carbons (Fsp3) is 0.267. The van der Waals surface area contributed by atoms with Gasteiger partial charge in [-0.2, -0.15) is 0 Å². The zero-order chi connectivity index (χ0) is 15.7. The highest BCUT2D eigenvalue weighted by molar-refractivity contribution is 5.92. The number of carbonyl (C=O) groups is 1. The molecule has 22 heavy (non-hydrogen) atoms. The van der Waals surface area contributed by atoms with Crippen molar-refractivity contribution in [1.29, 1.82) is 0 Å².